The molecular formula is C16H20N4O3. The highest BCUT2D eigenvalue weighted by molar-refractivity contribution is 5.86. The van der Waals surface area contributed by atoms with E-state index >= 15 is 0 Å². The van der Waals surface area contributed by atoms with Gasteiger partial charge in [0.25, 0.3) is 0 Å². The Hall–Kier alpha value is -2.70. The molecule has 0 saturated carbocycles. The number of hydrogen-bond donors (Lipinski definition) is 1. The zero-order chi connectivity index (χ0) is 16.7. The highest BCUT2D eigenvalue weighted by atomic mass is 16.5. The molecule has 7 heteroatoms. The number of rotatable bonds is 7. The van der Waals surface area contributed by atoms with Gasteiger partial charge >= 0.3 is 5.97 Å². The van der Waals surface area contributed by atoms with E-state index in [1.807, 2.05) is 25.1 Å². The van der Waals surface area contributed by atoms with Crippen LogP contribution in [-0.4, -0.2) is 40.0 Å². The van der Waals surface area contributed by atoms with Gasteiger partial charge in [0.15, 0.2) is 5.69 Å². The number of carbonyl (C=O) groups is 2. The molecule has 0 unspecified atom stereocenters. The van der Waals surface area contributed by atoms with Gasteiger partial charge < -0.3 is 10.1 Å². The maximum atomic E-state index is 12.0. The topological polar surface area (TPSA) is 86.1 Å². The number of methoxy groups -OCH3 is 1. The molecule has 0 bridgehead atoms. The lowest BCUT2D eigenvalue weighted by Gasteiger charge is -2.13. The summed E-state index contributed by atoms with van der Waals surface area (Å²) >= 11 is 0. The Morgan fingerprint density at radius 3 is 2.74 bits per heavy atom. The molecule has 1 heterocycles. The summed E-state index contributed by atoms with van der Waals surface area (Å²) in [7, 11) is 1.27. The third-order valence-electron chi connectivity index (χ3n) is 3.36. The van der Waals surface area contributed by atoms with Crippen molar-refractivity contribution in [1.29, 1.82) is 0 Å². The average molecular weight is 316 g/mol. The van der Waals surface area contributed by atoms with Gasteiger partial charge in [-0.3, -0.25) is 4.79 Å². The van der Waals surface area contributed by atoms with E-state index in [-0.39, 0.29) is 24.2 Å². The molecule has 122 valence electrons. The molecular weight excluding hydrogens is 296 g/mol. The monoisotopic (exact) mass is 316 g/mol. The Morgan fingerprint density at radius 2 is 2.04 bits per heavy atom. The van der Waals surface area contributed by atoms with Crippen LogP contribution in [0.5, 0.6) is 0 Å². The first kappa shape index (κ1) is 16.7. The molecule has 1 aromatic carbocycles. The van der Waals surface area contributed by atoms with Crippen molar-refractivity contribution in [2.45, 2.75) is 32.4 Å². The molecule has 0 aliphatic heterocycles. The van der Waals surface area contributed by atoms with Crippen molar-refractivity contribution in [3.63, 3.8) is 0 Å². The maximum absolute atomic E-state index is 12.0. The summed E-state index contributed by atoms with van der Waals surface area (Å²) in [5.74, 6) is -0.750. The van der Waals surface area contributed by atoms with Crippen LogP contribution in [0.1, 0.15) is 29.4 Å². The Balaban J connectivity index is 1.77. The third-order valence-corrected chi connectivity index (χ3v) is 3.36. The second-order valence-corrected chi connectivity index (χ2v) is 5.29. The minimum absolute atomic E-state index is 0.0136. The van der Waals surface area contributed by atoms with E-state index < -0.39 is 5.97 Å². The van der Waals surface area contributed by atoms with Crippen LogP contribution in [0.25, 0.3) is 0 Å². The van der Waals surface area contributed by atoms with Gasteiger partial charge in [0.2, 0.25) is 5.91 Å². The van der Waals surface area contributed by atoms with Crippen LogP contribution >= 0.6 is 0 Å². The van der Waals surface area contributed by atoms with Crippen LogP contribution in [0.3, 0.4) is 0 Å². The summed E-state index contributed by atoms with van der Waals surface area (Å²) in [4.78, 5) is 23.2. The Morgan fingerprint density at radius 1 is 1.30 bits per heavy atom. The quantitative estimate of drug-likeness (QED) is 0.776. The fourth-order valence-electron chi connectivity index (χ4n) is 2.14. The van der Waals surface area contributed by atoms with Gasteiger partial charge in [-0.25, -0.2) is 9.48 Å². The highest BCUT2D eigenvalue weighted by Gasteiger charge is 2.13. The largest absolute Gasteiger partial charge is 0.464 e. The first-order valence-electron chi connectivity index (χ1n) is 7.40. The normalized spacial score (nSPS) is 11.7. The Labute approximate surface area is 134 Å². The summed E-state index contributed by atoms with van der Waals surface area (Å²) in [5.41, 5.74) is 1.32. The van der Waals surface area contributed by atoms with Gasteiger partial charge in [-0.2, -0.15) is 0 Å². The molecule has 23 heavy (non-hydrogen) atoms. The van der Waals surface area contributed by atoms with E-state index in [0.29, 0.717) is 0 Å². The summed E-state index contributed by atoms with van der Waals surface area (Å²) in [6, 6.07) is 10.2. The molecule has 0 fully saturated rings. The second-order valence-electron chi connectivity index (χ2n) is 5.29. The number of hydrogen-bond acceptors (Lipinski definition) is 5. The molecule has 2 aromatic rings. The van der Waals surface area contributed by atoms with Crippen LogP contribution in [0.15, 0.2) is 36.5 Å². The molecule has 0 saturated heterocycles. The van der Waals surface area contributed by atoms with Crippen LogP contribution in [0, 0.1) is 0 Å². The molecule has 1 N–H and O–H groups in total. The predicted molar refractivity (Wildman–Crippen MR) is 83.7 cm³/mol. The van der Waals surface area contributed by atoms with Crippen molar-refractivity contribution < 1.29 is 14.3 Å². The van der Waals surface area contributed by atoms with E-state index in [1.165, 1.54) is 23.6 Å². The number of aryl methyl sites for hydroxylation is 1. The summed E-state index contributed by atoms with van der Waals surface area (Å²) in [6.45, 7) is 1.97. The zero-order valence-electron chi connectivity index (χ0n) is 13.2. The minimum Gasteiger partial charge on any atom is -0.464 e. The molecule has 0 aliphatic carbocycles. The van der Waals surface area contributed by atoms with Crippen molar-refractivity contribution in [3.05, 3.63) is 47.8 Å². The van der Waals surface area contributed by atoms with Crippen LogP contribution in [0.2, 0.25) is 0 Å². The lowest BCUT2D eigenvalue weighted by atomic mass is 10.1. The van der Waals surface area contributed by atoms with Crippen LogP contribution < -0.4 is 5.32 Å². The van der Waals surface area contributed by atoms with Gasteiger partial charge in [-0.1, -0.05) is 35.5 Å². The van der Waals surface area contributed by atoms with E-state index in [1.54, 1.807) is 0 Å². The van der Waals surface area contributed by atoms with E-state index in [4.69, 9.17) is 0 Å². The Kier molecular flexibility index (Phi) is 5.85. The smallest absolute Gasteiger partial charge is 0.360 e. The van der Waals surface area contributed by atoms with Gasteiger partial charge in [-0.15, -0.1) is 5.10 Å². The number of nitrogens with one attached hydrogen (secondary N) is 1. The Bertz CT molecular complexity index is 654. The molecule has 1 atom stereocenters. The fraction of sp³-hybridized carbons (Fsp3) is 0.375. The fourth-order valence-corrected chi connectivity index (χ4v) is 2.14. The molecule has 1 aromatic heterocycles. The summed E-state index contributed by atoms with van der Waals surface area (Å²) < 4.78 is 5.85. The highest BCUT2D eigenvalue weighted by Crippen LogP contribution is 2.05. The van der Waals surface area contributed by atoms with Crippen molar-refractivity contribution >= 4 is 11.9 Å². The number of amides is 1. The molecule has 7 nitrogen and oxygen atoms in total. The van der Waals surface area contributed by atoms with Gasteiger partial charge in [0.1, 0.15) is 6.54 Å². The summed E-state index contributed by atoms with van der Waals surface area (Å²) in [5, 5.41) is 10.3. The van der Waals surface area contributed by atoms with Crippen molar-refractivity contribution in [3.8, 4) is 0 Å². The second kappa shape index (κ2) is 8.07. The lowest BCUT2D eigenvalue weighted by Crippen LogP contribution is -2.35. The average Bonchev–Trinajstić information content (AvgIpc) is 3.01. The number of ether oxygens (including phenoxy) is 1. The molecule has 0 aliphatic rings. The molecule has 2 rings (SSSR count). The van der Waals surface area contributed by atoms with E-state index in [2.05, 4.69) is 32.5 Å². The van der Waals surface area contributed by atoms with Crippen molar-refractivity contribution in [1.82, 2.24) is 20.3 Å². The molecule has 0 radical (unpaired) electrons. The molecule has 0 spiro atoms. The van der Waals surface area contributed by atoms with Gasteiger partial charge in [-0.05, 0) is 25.3 Å². The minimum atomic E-state index is -0.576. The van der Waals surface area contributed by atoms with Crippen molar-refractivity contribution in [2.24, 2.45) is 0 Å². The number of carbonyl (C=O) groups excluding carboxylic acids is 2. The zero-order valence-corrected chi connectivity index (χ0v) is 13.2. The van der Waals surface area contributed by atoms with Crippen molar-refractivity contribution in [2.75, 3.05) is 7.11 Å². The first-order valence-corrected chi connectivity index (χ1v) is 7.40. The standard InChI is InChI=1S/C16H20N4O3/c1-12(8-9-13-6-4-3-5-7-13)17-15(21)11-20-10-14(18-19-20)16(22)23-2/h3-7,10,12H,8-9,11H2,1-2H3,(H,17,21)/t12-/m1/s1. The third kappa shape index (κ3) is 5.21. The lowest BCUT2D eigenvalue weighted by molar-refractivity contribution is -0.122. The first-order chi connectivity index (χ1) is 11.1. The number of esters is 1. The maximum Gasteiger partial charge on any atom is 0.360 e. The van der Waals surface area contributed by atoms with Gasteiger partial charge in [0, 0.05) is 6.04 Å². The molecule has 1 amide bonds. The van der Waals surface area contributed by atoms with Crippen LogP contribution in [-0.2, 0) is 22.5 Å². The van der Waals surface area contributed by atoms with E-state index in [9.17, 15) is 9.59 Å². The number of nitrogens with zero attached hydrogens (tertiary/aromatic N) is 3. The summed E-state index contributed by atoms with van der Waals surface area (Å²) in [6.07, 6.45) is 3.14. The van der Waals surface area contributed by atoms with Gasteiger partial charge in [0.05, 0.1) is 13.3 Å². The van der Waals surface area contributed by atoms with Crippen LogP contribution in [0.4, 0.5) is 0 Å². The van der Waals surface area contributed by atoms with E-state index in [0.717, 1.165) is 12.8 Å². The predicted octanol–water partition coefficient (Wildman–Crippen LogP) is 1.20. The number of benzene rings is 1. The SMILES string of the molecule is COC(=O)c1cn(CC(=O)N[C@H](C)CCc2ccccc2)nn1. The number of aromatic nitrogens is 3.